The van der Waals surface area contributed by atoms with E-state index in [0.29, 0.717) is 27.5 Å². The molecule has 2 aromatic heterocycles. The zero-order valence-corrected chi connectivity index (χ0v) is 23.7. The molecular formula is C28H23BrN6O3S. The molecule has 5 aromatic rings. The monoisotopic (exact) mass is 602 g/mol. The molecule has 9 nitrogen and oxygen atoms in total. The summed E-state index contributed by atoms with van der Waals surface area (Å²) in [4.78, 5) is 29.7. The predicted octanol–water partition coefficient (Wildman–Crippen LogP) is 6.19. The molecule has 39 heavy (non-hydrogen) atoms. The number of nitro groups is 1. The normalized spacial score (nSPS) is 12.2. The highest BCUT2D eigenvalue weighted by atomic mass is 79.9. The lowest BCUT2D eigenvalue weighted by Crippen LogP contribution is -2.20. The molecule has 0 spiro atoms. The second-order valence-electron chi connectivity index (χ2n) is 8.71. The molecule has 0 aliphatic carbocycles. The lowest BCUT2D eigenvalue weighted by molar-refractivity contribution is -0.384. The molecule has 5 rings (SSSR count). The molecule has 0 amide bonds. The van der Waals surface area contributed by atoms with Gasteiger partial charge in [-0.2, -0.15) is 5.10 Å². The highest BCUT2D eigenvalue weighted by Crippen LogP contribution is 2.29. The van der Waals surface area contributed by atoms with Gasteiger partial charge in [0.15, 0.2) is 5.69 Å². The number of non-ortho nitro benzene ring substituents is 1. The van der Waals surface area contributed by atoms with E-state index in [0.717, 1.165) is 21.4 Å². The molecular weight excluding hydrogens is 580 g/mol. The number of rotatable bonds is 6. The third kappa shape index (κ3) is 5.06. The van der Waals surface area contributed by atoms with Crippen molar-refractivity contribution in [3.63, 3.8) is 0 Å². The maximum atomic E-state index is 13.5. The topological polar surface area (TPSA) is 99.7 Å². The Labute approximate surface area is 235 Å². The smallest absolute Gasteiger partial charge is 0.283 e. The highest BCUT2D eigenvalue weighted by Gasteiger charge is 2.18. The average Bonchev–Trinajstić information content (AvgIpc) is 3.42. The van der Waals surface area contributed by atoms with Crippen molar-refractivity contribution in [1.82, 2.24) is 14.0 Å². The third-order valence-corrected chi connectivity index (χ3v) is 7.80. The Balaban J connectivity index is 1.74. The van der Waals surface area contributed by atoms with E-state index in [1.54, 1.807) is 33.1 Å². The van der Waals surface area contributed by atoms with Gasteiger partial charge in [-0.25, -0.2) is 14.4 Å². The summed E-state index contributed by atoms with van der Waals surface area (Å²) in [6.07, 6.45) is 0. The first kappa shape index (κ1) is 26.3. The number of nitro benzene ring substituents is 1. The molecule has 0 atom stereocenters. The van der Waals surface area contributed by atoms with Crippen LogP contribution < -0.4 is 10.4 Å². The molecule has 0 unspecified atom stereocenters. The summed E-state index contributed by atoms with van der Waals surface area (Å²) in [5.74, 6) is 0. The van der Waals surface area contributed by atoms with Crippen molar-refractivity contribution in [3.05, 3.63) is 125 Å². The summed E-state index contributed by atoms with van der Waals surface area (Å²) in [5.41, 5.74) is 4.28. The fraction of sp³-hybridized carbons (Fsp3) is 0.107. The number of benzene rings is 3. The quantitative estimate of drug-likeness (QED) is 0.131. The molecule has 3 aromatic carbocycles. The fourth-order valence-electron chi connectivity index (χ4n) is 4.16. The lowest BCUT2D eigenvalue weighted by atomic mass is 10.1. The van der Waals surface area contributed by atoms with Crippen LogP contribution in [-0.4, -0.2) is 24.7 Å². The number of halogens is 1. The van der Waals surface area contributed by atoms with E-state index >= 15 is 0 Å². The standard InChI is InChI=1S/C28H23BrN6O3S/c1-18(20-10-9-13-22(16-20)35(37)38)31-33-25(23-14-7-8-15-24(23)29)17-39-28(33)30-26-19(2)32(3)34(27(26)36)21-11-5-4-6-12-21/h4-17H,1-3H3. The number of aromatic nitrogens is 3. The first-order valence-electron chi connectivity index (χ1n) is 11.9. The number of thiazole rings is 1. The van der Waals surface area contributed by atoms with Crippen molar-refractivity contribution >= 4 is 44.4 Å². The van der Waals surface area contributed by atoms with Gasteiger partial charge in [0.2, 0.25) is 4.80 Å². The van der Waals surface area contributed by atoms with Gasteiger partial charge in [-0.05, 0) is 32.0 Å². The summed E-state index contributed by atoms with van der Waals surface area (Å²) in [6.45, 7) is 3.64. The van der Waals surface area contributed by atoms with E-state index in [-0.39, 0.29) is 11.2 Å². The Bertz CT molecular complexity index is 1860. The van der Waals surface area contributed by atoms with E-state index in [9.17, 15) is 14.9 Å². The van der Waals surface area contributed by atoms with Crippen molar-refractivity contribution in [2.24, 2.45) is 17.1 Å². The van der Waals surface area contributed by atoms with Crippen molar-refractivity contribution in [2.45, 2.75) is 13.8 Å². The zero-order chi connectivity index (χ0) is 27.7. The van der Waals surface area contributed by atoms with Gasteiger partial charge < -0.3 is 0 Å². The summed E-state index contributed by atoms with van der Waals surface area (Å²) >= 11 is 4.97. The van der Waals surface area contributed by atoms with Gasteiger partial charge in [0.25, 0.3) is 11.2 Å². The second-order valence-corrected chi connectivity index (χ2v) is 10.4. The van der Waals surface area contributed by atoms with E-state index < -0.39 is 4.92 Å². The van der Waals surface area contributed by atoms with Crippen molar-refractivity contribution in [1.29, 1.82) is 0 Å². The van der Waals surface area contributed by atoms with E-state index in [1.807, 2.05) is 73.9 Å². The molecule has 0 fully saturated rings. The zero-order valence-electron chi connectivity index (χ0n) is 21.3. The summed E-state index contributed by atoms with van der Waals surface area (Å²) in [7, 11) is 1.82. The van der Waals surface area contributed by atoms with E-state index in [1.165, 1.54) is 23.5 Å². The highest BCUT2D eigenvalue weighted by molar-refractivity contribution is 9.10. The third-order valence-electron chi connectivity index (χ3n) is 6.29. The van der Waals surface area contributed by atoms with Gasteiger partial charge >= 0.3 is 0 Å². The molecule has 0 bridgehead atoms. The molecule has 11 heteroatoms. The van der Waals surface area contributed by atoms with Gasteiger partial charge in [0.05, 0.1) is 27.7 Å². The molecule has 0 aliphatic rings. The number of nitrogens with zero attached hydrogens (tertiary/aromatic N) is 6. The van der Waals surface area contributed by atoms with Crippen LogP contribution in [0.15, 0.2) is 104 Å². The largest absolute Gasteiger partial charge is 0.297 e. The van der Waals surface area contributed by atoms with Gasteiger partial charge in [-0.3, -0.25) is 19.6 Å². The number of hydrogen-bond donors (Lipinski definition) is 0. The van der Waals surface area contributed by atoms with Crippen LogP contribution in [0.25, 0.3) is 16.9 Å². The van der Waals surface area contributed by atoms with Gasteiger partial charge in [0, 0.05) is 40.2 Å². The van der Waals surface area contributed by atoms with Gasteiger partial charge in [-0.15, -0.1) is 11.3 Å². The minimum atomic E-state index is -0.433. The molecule has 0 saturated carbocycles. The minimum absolute atomic E-state index is 0.0188. The van der Waals surface area contributed by atoms with E-state index in [2.05, 4.69) is 15.9 Å². The maximum Gasteiger partial charge on any atom is 0.297 e. The summed E-state index contributed by atoms with van der Waals surface area (Å²) in [5, 5.41) is 18.1. The van der Waals surface area contributed by atoms with E-state index in [4.69, 9.17) is 10.1 Å². The Hall–Kier alpha value is -4.35. The molecule has 0 N–H and O–H groups in total. The van der Waals surface area contributed by atoms with Crippen LogP contribution in [0.1, 0.15) is 18.2 Å². The van der Waals surface area contributed by atoms with Crippen molar-refractivity contribution < 1.29 is 4.92 Å². The predicted molar refractivity (Wildman–Crippen MR) is 157 cm³/mol. The molecule has 0 radical (unpaired) electrons. The average molecular weight is 604 g/mol. The lowest BCUT2D eigenvalue weighted by Gasteiger charge is -2.08. The first-order chi connectivity index (χ1) is 18.8. The maximum absolute atomic E-state index is 13.5. The molecule has 196 valence electrons. The Morgan fingerprint density at radius 2 is 1.74 bits per heavy atom. The summed E-state index contributed by atoms with van der Waals surface area (Å²) in [6, 6.07) is 23.5. The molecule has 0 aliphatic heterocycles. The first-order valence-corrected chi connectivity index (χ1v) is 13.6. The second kappa shape index (κ2) is 10.8. The van der Waals surface area contributed by atoms with Crippen LogP contribution in [0.3, 0.4) is 0 Å². The van der Waals surface area contributed by atoms with Crippen molar-refractivity contribution in [2.75, 3.05) is 0 Å². The Morgan fingerprint density at radius 3 is 2.46 bits per heavy atom. The molecule has 0 saturated heterocycles. The Morgan fingerprint density at radius 1 is 1.03 bits per heavy atom. The van der Waals surface area contributed by atoms with Gasteiger partial charge in [0.1, 0.15) is 0 Å². The van der Waals surface area contributed by atoms with Crippen LogP contribution in [0.4, 0.5) is 11.4 Å². The van der Waals surface area contributed by atoms with Gasteiger partial charge in [-0.1, -0.05) is 64.5 Å². The van der Waals surface area contributed by atoms with Crippen LogP contribution in [0, 0.1) is 17.0 Å². The number of para-hydroxylation sites is 1. The van der Waals surface area contributed by atoms with Crippen LogP contribution in [-0.2, 0) is 7.05 Å². The number of hydrogen-bond acceptors (Lipinski definition) is 6. The minimum Gasteiger partial charge on any atom is -0.283 e. The SMILES string of the molecule is CC(=Nn1c(-c2ccccc2Br)csc1=Nc1c(C)n(C)n(-c2ccccc2)c1=O)c1cccc([N+](=O)[O-])c1. The molecule has 2 heterocycles. The van der Waals surface area contributed by atoms with Crippen LogP contribution in [0.2, 0.25) is 0 Å². The van der Waals surface area contributed by atoms with Crippen LogP contribution in [0.5, 0.6) is 0 Å². The van der Waals surface area contributed by atoms with Crippen molar-refractivity contribution in [3.8, 4) is 16.9 Å². The Kier molecular flexibility index (Phi) is 7.27. The van der Waals surface area contributed by atoms with Crippen LogP contribution >= 0.6 is 27.3 Å². The fourth-order valence-corrected chi connectivity index (χ4v) is 5.47. The summed E-state index contributed by atoms with van der Waals surface area (Å²) < 4.78 is 5.91.